The van der Waals surface area contributed by atoms with Crippen molar-refractivity contribution in [3.05, 3.63) is 103 Å². The highest BCUT2D eigenvalue weighted by Gasteiger charge is 2.35. The van der Waals surface area contributed by atoms with Gasteiger partial charge in [-0.2, -0.15) is 0 Å². The Morgan fingerprint density at radius 1 is 0.531 bits per heavy atom. The third-order valence-corrected chi connectivity index (χ3v) is 8.19. The maximum Gasteiger partial charge on any atom is 0.476 e. The second-order valence-corrected chi connectivity index (χ2v) is 11.6. The van der Waals surface area contributed by atoms with Gasteiger partial charge in [-0.15, -0.1) is 0 Å². The smallest absolute Gasteiger partial charge is 0.279 e. The molecule has 0 aliphatic carbocycles. The molecule has 0 saturated carbocycles. The molecule has 32 heavy (non-hydrogen) atoms. The van der Waals surface area contributed by atoms with Gasteiger partial charge in [-0.1, -0.05) is 84.2 Å². The highest BCUT2D eigenvalue weighted by molar-refractivity contribution is 9.11. The Bertz CT molecular complexity index is 919. The van der Waals surface area contributed by atoms with Gasteiger partial charge < -0.3 is 0 Å². The lowest BCUT2D eigenvalue weighted by molar-refractivity contribution is 0.0421. The first-order chi connectivity index (χ1) is 15.1. The first kappa shape index (κ1) is 25.8. The quantitative estimate of drug-likeness (QED) is 0.217. The van der Waals surface area contributed by atoms with Crippen LogP contribution >= 0.6 is 55.6 Å². The maximum atomic E-state index is 13.9. The number of rotatable bonds is 9. The van der Waals surface area contributed by atoms with E-state index < -0.39 is 26.1 Å². The number of hydrogen-bond acceptors (Lipinski definition) is 4. The molecular weight excluding hydrogens is 623 g/mol. The Morgan fingerprint density at radius 2 is 0.750 bits per heavy atom. The second-order valence-electron chi connectivity index (χ2n) is 7.34. The van der Waals surface area contributed by atoms with Crippen LogP contribution in [0.1, 0.15) is 55.8 Å². The lowest BCUT2D eigenvalue weighted by Gasteiger charge is -2.27. The Hall–Kier alpha value is -0.790. The van der Waals surface area contributed by atoms with E-state index in [2.05, 4.69) is 47.8 Å². The third-order valence-electron chi connectivity index (χ3n) is 4.88. The van der Waals surface area contributed by atoms with Crippen molar-refractivity contribution in [1.82, 2.24) is 0 Å². The lowest BCUT2D eigenvalue weighted by atomic mass is 10.1. The molecule has 3 rings (SSSR count). The van der Waals surface area contributed by atoms with E-state index >= 15 is 0 Å². The normalized spacial score (nSPS) is 16.2. The first-order valence-corrected chi connectivity index (χ1v) is 13.9. The van der Waals surface area contributed by atoms with Crippen LogP contribution in [0.25, 0.3) is 0 Å². The van der Waals surface area contributed by atoms with E-state index in [1.54, 1.807) is 0 Å². The molecular formula is C24H24Br3O4P. The summed E-state index contributed by atoms with van der Waals surface area (Å²) < 4.78 is 34.7. The maximum absolute atomic E-state index is 13.9. The monoisotopic (exact) mass is 644 g/mol. The summed E-state index contributed by atoms with van der Waals surface area (Å²) >= 11 is 10.3. The molecule has 8 heteroatoms. The number of halogens is 3. The van der Waals surface area contributed by atoms with Gasteiger partial charge in [-0.25, -0.2) is 4.57 Å². The van der Waals surface area contributed by atoms with Crippen molar-refractivity contribution >= 4 is 55.6 Å². The Balaban J connectivity index is 1.84. The second kappa shape index (κ2) is 11.6. The van der Waals surface area contributed by atoms with Crippen molar-refractivity contribution in [2.24, 2.45) is 0 Å². The molecule has 0 bridgehead atoms. The fraction of sp³-hybridized carbons (Fsp3) is 0.250. The SMILES string of the molecule is CC(OP(=O)(OC(C)c1ccc(Br)cc1)OC(C)c1ccc(Br)cc1)c1ccc(Br)cc1. The van der Waals surface area contributed by atoms with E-state index in [-0.39, 0.29) is 0 Å². The molecule has 0 aromatic heterocycles. The zero-order chi connectivity index (χ0) is 23.3. The summed E-state index contributed by atoms with van der Waals surface area (Å²) in [5.74, 6) is 0. The minimum absolute atomic E-state index is 0.497. The van der Waals surface area contributed by atoms with Crippen molar-refractivity contribution < 1.29 is 18.1 Å². The van der Waals surface area contributed by atoms with Crippen LogP contribution < -0.4 is 0 Å². The molecule has 3 aromatic carbocycles. The van der Waals surface area contributed by atoms with Crippen LogP contribution in [0, 0.1) is 0 Å². The summed E-state index contributed by atoms with van der Waals surface area (Å²) in [6, 6.07) is 23.0. The van der Waals surface area contributed by atoms with Crippen molar-refractivity contribution in [2.75, 3.05) is 0 Å². The molecule has 0 aliphatic heterocycles. The van der Waals surface area contributed by atoms with Crippen molar-refractivity contribution in [3.63, 3.8) is 0 Å². The van der Waals surface area contributed by atoms with Gasteiger partial charge in [0.05, 0.1) is 18.3 Å². The van der Waals surface area contributed by atoms with Crippen molar-refractivity contribution in [2.45, 2.75) is 39.1 Å². The first-order valence-electron chi connectivity index (χ1n) is 10.1. The molecule has 4 nitrogen and oxygen atoms in total. The molecule has 0 amide bonds. The largest absolute Gasteiger partial charge is 0.476 e. The zero-order valence-electron chi connectivity index (χ0n) is 17.9. The third kappa shape index (κ3) is 7.36. The van der Waals surface area contributed by atoms with Crippen LogP contribution in [0.4, 0.5) is 0 Å². The molecule has 0 radical (unpaired) electrons. The predicted octanol–water partition coefficient (Wildman–Crippen LogP) is 9.72. The van der Waals surface area contributed by atoms with Crippen molar-refractivity contribution in [3.8, 4) is 0 Å². The molecule has 3 atom stereocenters. The molecule has 3 aromatic rings. The standard InChI is InChI=1S/C24H24Br3O4P/c1-16(19-4-10-22(25)11-5-19)29-32(28,30-17(2)20-6-12-23(26)13-7-20)31-18(3)21-8-14-24(27)15-9-21/h4-18H,1-3H3. The minimum atomic E-state index is -3.95. The zero-order valence-corrected chi connectivity index (χ0v) is 23.5. The minimum Gasteiger partial charge on any atom is -0.279 e. The Morgan fingerprint density at radius 3 is 0.969 bits per heavy atom. The van der Waals surface area contributed by atoms with Gasteiger partial charge in [0.15, 0.2) is 0 Å². The number of phosphoric ester groups is 1. The average Bonchev–Trinajstić information content (AvgIpc) is 2.74. The van der Waals surface area contributed by atoms with Gasteiger partial charge >= 0.3 is 7.82 Å². The summed E-state index contributed by atoms with van der Waals surface area (Å²) in [4.78, 5) is 0. The molecule has 0 fully saturated rings. The summed E-state index contributed by atoms with van der Waals surface area (Å²) in [5, 5.41) is 0. The Labute approximate surface area is 214 Å². The van der Waals surface area contributed by atoms with Crippen molar-refractivity contribution in [1.29, 1.82) is 0 Å². The van der Waals surface area contributed by atoms with E-state index in [9.17, 15) is 4.57 Å². The highest BCUT2D eigenvalue weighted by atomic mass is 79.9. The molecule has 0 aliphatic rings. The predicted molar refractivity (Wildman–Crippen MR) is 139 cm³/mol. The van der Waals surface area contributed by atoms with Gasteiger partial charge in [0.25, 0.3) is 0 Å². The van der Waals surface area contributed by atoms with Gasteiger partial charge in [0.2, 0.25) is 0 Å². The van der Waals surface area contributed by atoms with E-state index in [0.29, 0.717) is 0 Å². The van der Waals surface area contributed by atoms with Crippen LogP contribution in [0.5, 0.6) is 0 Å². The molecule has 0 saturated heterocycles. The van der Waals surface area contributed by atoms with E-state index in [0.717, 1.165) is 30.1 Å². The number of hydrogen-bond donors (Lipinski definition) is 0. The molecule has 170 valence electrons. The van der Waals surface area contributed by atoms with Gasteiger partial charge in [0, 0.05) is 13.4 Å². The fourth-order valence-electron chi connectivity index (χ4n) is 3.04. The summed E-state index contributed by atoms with van der Waals surface area (Å²) in [6.45, 7) is 5.49. The van der Waals surface area contributed by atoms with E-state index in [1.807, 2.05) is 93.6 Å². The van der Waals surface area contributed by atoms with Crippen LogP contribution in [0.2, 0.25) is 0 Å². The van der Waals surface area contributed by atoms with E-state index in [1.165, 1.54) is 0 Å². The molecule has 0 N–H and O–H groups in total. The van der Waals surface area contributed by atoms with Gasteiger partial charge in [0.1, 0.15) is 0 Å². The molecule has 0 spiro atoms. The molecule has 0 heterocycles. The molecule has 3 unspecified atom stereocenters. The number of phosphoric acid groups is 1. The van der Waals surface area contributed by atoms with Crippen LogP contribution in [-0.2, 0) is 18.1 Å². The lowest BCUT2D eigenvalue weighted by Crippen LogP contribution is -2.09. The Kier molecular flexibility index (Phi) is 9.33. The van der Waals surface area contributed by atoms with Crippen LogP contribution in [0.3, 0.4) is 0 Å². The fourth-order valence-corrected chi connectivity index (χ4v) is 5.51. The summed E-state index contributed by atoms with van der Waals surface area (Å²) in [6.07, 6.45) is -1.49. The topological polar surface area (TPSA) is 44.8 Å². The average molecular weight is 647 g/mol. The van der Waals surface area contributed by atoms with E-state index in [4.69, 9.17) is 13.6 Å². The van der Waals surface area contributed by atoms with Gasteiger partial charge in [-0.05, 0) is 73.9 Å². The van der Waals surface area contributed by atoms with Crippen LogP contribution in [0.15, 0.2) is 86.2 Å². The highest BCUT2D eigenvalue weighted by Crippen LogP contribution is 2.58. The van der Waals surface area contributed by atoms with Crippen LogP contribution in [-0.4, -0.2) is 0 Å². The summed E-state index contributed by atoms with van der Waals surface area (Å²) in [7, 11) is -3.95. The van der Waals surface area contributed by atoms with Gasteiger partial charge in [-0.3, -0.25) is 13.6 Å². The summed E-state index contributed by atoms with van der Waals surface area (Å²) in [5.41, 5.74) is 2.61. The number of benzene rings is 3.